The predicted molar refractivity (Wildman–Crippen MR) is 57.7 cm³/mol. The van der Waals surface area contributed by atoms with Crippen molar-refractivity contribution in [2.75, 3.05) is 26.4 Å². The fraction of sp³-hybridized carbons (Fsp3) is 0.909. The molecular formula is C11H21NO3. The third kappa shape index (κ3) is 5.74. The number of rotatable bonds is 7. The standard InChI is InChI=1S/C11H21NO3/c1-2-11(13)12-6-4-7-14-9-10-5-3-8-15-10/h10H,2-9H2,1H3,(H,12,13). The van der Waals surface area contributed by atoms with E-state index < -0.39 is 0 Å². The Balaban J connectivity index is 1.82. The van der Waals surface area contributed by atoms with Crippen molar-refractivity contribution in [3.8, 4) is 0 Å². The minimum Gasteiger partial charge on any atom is -0.379 e. The molecule has 0 aliphatic carbocycles. The van der Waals surface area contributed by atoms with E-state index >= 15 is 0 Å². The van der Waals surface area contributed by atoms with Gasteiger partial charge in [-0.15, -0.1) is 0 Å². The zero-order valence-electron chi connectivity index (χ0n) is 9.46. The van der Waals surface area contributed by atoms with E-state index in [0.717, 1.165) is 25.9 Å². The summed E-state index contributed by atoms with van der Waals surface area (Å²) in [5.74, 6) is 0.106. The van der Waals surface area contributed by atoms with Crippen molar-refractivity contribution in [3.05, 3.63) is 0 Å². The minimum atomic E-state index is 0.106. The van der Waals surface area contributed by atoms with Crippen LogP contribution in [0, 0.1) is 0 Å². The largest absolute Gasteiger partial charge is 0.379 e. The highest BCUT2D eigenvalue weighted by Crippen LogP contribution is 2.11. The second kappa shape index (κ2) is 7.65. The normalized spacial score (nSPS) is 20.5. The monoisotopic (exact) mass is 215 g/mol. The Morgan fingerprint density at radius 1 is 1.60 bits per heavy atom. The van der Waals surface area contributed by atoms with Crippen LogP contribution >= 0.6 is 0 Å². The molecular weight excluding hydrogens is 194 g/mol. The molecule has 0 aromatic carbocycles. The maximum atomic E-state index is 10.9. The van der Waals surface area contributed by atoms with Crippen molar-refractivity contribution in [1.29, 1.82) is 0 Å². The van der Waals surface area contributed by atoms with Gasteiger partial charge in [-0.3, -0.25) is 4.79 Å². The lowest BCUT2D eigenvalue weighted by Crippen LogP contribution is -2.24. The van der Waals surface area contributed by atoms with E-state index in [1.54, 1.807) is 0 Å². The summed E-state index contributed by atoms with van der Waals surface area (Å²) in [6, 6.07) is 0. The van der Waals surface area contributed by atoms with Crippen LogP contribution in [-0.2, 0) is 14.3 Å². The lowest BCUT2D eigenvalue weighted by atomic mass is 10.2. The molecule has 88 valence electrons. The van der Waals surface area contributed by atoms with Crippen LogP contribution in [-0.4, -0.2) is 38.4 Å². The first-order chi connectivity index (χ1) is 7.33. The Bertz CT molecular complexity index is 179. The SMILES string of the molecule is CCC(=O)NCCCOCC1CCCO1. The van der Waals surface area contributed by atoms with Crippen molar-refractivity contribution in [1.82, 2.24) is 5.32 Å². The Labute approximate surface area is 91.3 Å². The van der Waals surface area contributed by atoms with Gasteiger partial charge >= 0.3 is 0 Å². The molecule has 1 amide bonds. The molecule has 15 heavy (non-hydrogen) atoms. The first kappa shape index (κ1) is 12.5. The highest BCUT2D eigenvalue weighted by molar-refractivity contribution is 5.75. The summed E-state index contributed by atoms with van der Waals surface area (Å²) in [5, 5.41) is 2.81. The number of nitrogens with one attached hydrogen (secondary N) is 1. The van der Waals surface area contributed by atoms with Crippen molar-refractivity contribution in [2.24, 2.45) is 0 Å². The Morgan fingerprint density at radius 3 is 3.13 bits per heavy atom. The number of hydrogen-bond acceptors (Lipinski definition) is 3. The van der Waals surface area contributed by atoms with Gasteiger partial charge in [0, 0.05) is 26.2 Å². The third-order valence-electron chi connectivity index (χ3n) is 2.44. The van der Waals surface area contributed by atoms with E-state index in [2.05, 4.69) is 5.32 Å². The number of carbonyl (C=O) groups is 1. The fourth-order valence-electron chi connectivity index (χ4n) is 1.52. The summed E-state index contributed by atoms with van der Waals surface area (Å²) >= 11 is 0. The zero-order valence-corrected chi connectivity index (χ0v) is 9.46. The van der Waals surface area contributed by atoms with Crippen LogP contribution < -0.4 is 5.32 Å². The number of carbonyl (C=O) groups excluding carboxylic acids is 1. The lowest BCUT2D eigenvalue weighted by Gasteiger charge is -2.10. The molecule has 1 unspecified atom stereocenters. The van der Waals surface area contributed by atoms with E-state index in [9.17, 15) is 4.79 Å². The van der Waals surface area contributed by atoms with Gasteiger partial charge in [0.15, 0.2) is 0 Å². The van der Waals surface area contributed by atoms with E-state index in [1.807, 2.05) is 6.92 Å². The lowest BCUT2D eigenvalue weighted by molar-refractivity contribution is -0.120. The smallest absolute Gasteiger partial charge is 0.219 e. The summed E-state index contributed by atoms with van der Waals surface area (Å²) in [7, 11) is 0. The first-order valence-corrected chi connectivity index (χ1v) is 5.79. The summed E-state index contributed by atoms with van der Waals surface area (Å²) < 4.78 is 10.9. The van der Waals surface area contributed by atoms with Gasteiger partial charge in [0.05, 0.1) is 12.7 Å². The van der Waals surface area contributed by atoms with Gasteiger partial charge in [0.2, 0.25) is 5.91 Å². The average Bonchev–Trinajstić information content (AvgIpc) is 2.75. The third-order valence-corrected chi connectivity index (χ3v) is 2.44. The predicted octanol–water partition coefficient (Wildman–Crippen LogP) is 1.10. The molecule has 4 nitrogen and oxygen atoms in total. The van der Waals surface area contributed by atoms with Crippen molar-refractivity contribution < 1.29 is 14.3 Å². The maximum Gasteiger partial charge on any atom is 0.219 e. The van der Waals surface area contributed by atoms with Gasteiger partial charge in [0.25, 0.3) is 0 Å². The van der Waals surface area contributed by atoms with Gasteiger partial charge in [0.1, 0.15) is 0 Å². The Kier molecular flexibility index (Phi) is 6.36. The highest BCUT2D eigenvalue weighted by atomic mass is 16.5. The molecule has 1 N–H and O–H groups in total. The molecule has 1 heterocycles. The van der Waals surface area contributed by atoms with Gasteiger partial charge in [-0.05, 0) is 19.3 Å². The zero-order chi connectivity index (χ0) is 10.9. The van der Waals surface area contributed by atoms with Crippen molar-refractivity contribution in [2.45, 2.75) is 38.7 Å². The van der Waals surface area contributed by atoms with Crippen LogP contribution in [0.25, 0.3) is 0 Å². The molecule has 1 aliphatic rings. The molecule has 0 radical (unpaired) electrons. The molecule has 1 aliphatic heterocycles. The summed E-state index contributed by atoms with van der Waals surface area (Å²) in [5.41, 5.74) is 0. The number of amides is 1. The van der Waals surface area contributed by atoms with Crippen molar-refractivity contribution >= 4 is 5.91 Å². The average molecular weight is 215 g/mol. The quantitative estimate of drug-likeness (QED) is 0.647. The Morgan fingerprint density at radius 2 is 2.47 bits per heavy atom. The first-order valence-electron chi connectivity index (χ1n) is 5.79. The van der Waals surface area contributed by atoms with E-state index in [4.69, 9.17) is 9.47 Å². The van der Waals surface area contributed by atoms with Crippen LogP contribution in [0.1, 0.15) is 32.6 Å². The number of hydrogen-bond donors (Lipinski definition) is 1. The summed E-state index contributed by atoms with van der Waals surface area (Å²) in [6.07, 6.45) is 4.00. The molecule has 0 spiro atoms. The second-order valence-electron chi connectivity index (χ2n) is 3.77. The molecule has 0 aromatic rings. The molecule has 0 aromatic heterocycles. The van der Waals surface area contributed by atoms with Gasteiger partial charge in [-0.1, -0.05) is 6.92 Å². The molecule has 1 rings (SSSR count). The van der Waals surface area contributed by atoms with Gasteiger partial charge < -0.3 is 14.8 Å². The van der Waals surface area contributed by atoms with Gasteiger partial charge in [-0.2, -0.15) is 0 Å². The molecule has 4 heteroatoms. The van der Waals surface area contributed by atoms with Crippen LogP contribution in [0.5, 0.6) is 0 Å². The highest BCUT2D eigenvalue weighted by Gasteiger charge is 2.14. The fourth-order valence-corrected chi connectivity index (χ4v) is 1.52. The minimum absolute atomic E-state index is 0.106. The second-order valence-corrected chi connectivity index (χ2v) is 3.77. The summed E-state index contributed by atoms with van der Waals surface area (Å²) in [4.78, 5) is 10.9. The molecule has 1 atom stereocenters. The van der Waals surface area contributed by atoms with E-state index in [1.165, 1.54) is 0 Å². The van der Waals surface area contributed by atoms with Gasteiger partial charge in [-0.25, -0.2) is 0 Å². The van der Waals surface area contributed by atoms with Crippen LogP contribution in [0.2, 0.25) is 0 Å². The number of ether oxygens (including phenoxy) is 2. The van der Waals surface area contributed by atoms with Crippen LogP contribution in [0.15, 0.2) is 0 Å². The molecule has 0 bridgehead atoms. The molecule has 0 saturated carbocycles. The Hall–Kier alpha value is -0.610. The van der Waals surface area contributed by atoms with Crippen LogP contribution in [0.3, 0.4) is 0 Å². The topological polar surface area (TPSA) is 47.6 Å². The molecule has 1 fully saturated rings. The molecule has 1 saturated heterocycles. The van der Waals surface area contributed by atoms with Crippen LogP contribution in [0.4, 0.5) is 0 Å². The van der Waals surface area contributed by atoms with Crippen molar-refractivity contribution in [3.63, 3.8) is 0 Å². The summed E-state index contributed by atoms with van der Waals surface area (Å²) in [6.45, 7) is 4.83. The van der Waals surface area contributed by atoms with E-state index in [-0.39, 0.29) is 5.91 Å². The van der Waals surface area contributed by atoms with E-state index in [0.29, 0.717) is 32.3 Å². The maximum absolute atomic E-state index is 10.9.